The van der Waals surface area contributed by atoms with Crippen LogP contribution in [0.3, 0.4) is 0 Å². The first kappa shape index (κ1) is 11.7. The smallest absolute Gasteiger partial charge is 0.267 e. The highest BCUT2D eigenvalue weighted by Gasteiger charge is 2.20. The van der Waals surface area contributed by atoms with Crippen LogP contribution in [0.1, 0.15) is 0 Å². The van der Waals surface area contributed by atoms with Crippen LogP contribution < -0.4 is 10.5 Å². The van der Waals surface area contributed by atoms with Crippen molar-refractivity contribution in [1.82, 2.24) is 15.2 Å². The van der Waals surface area contributed by atoms with E-state index >= 15 is 0 Å². The van der Waals surface area contributed by atoms with Gasteiger partial charge in [0.2, 0.25) is 0 Å². The number of nitrogens with two attached hydrogens (primary N) is 1. The second-order valence-electron chi connectivity index (χ2n) is 3.10. The Hall–Kier alpha value is -1.80. The predicted molar refractivity (Wildman–Crippen MR) is 63.1 cm³/mol. The molecule has 0 atom stereocenters. The molecule has 4 N–H and O–H groups in total. The number of pyridine rings is 1. The maximum atomic E-state index is 11.9. The van der Waals surface area contributed by atoms with Gasteiger partial charge in [-0.2, -0.15) is 5.10 Å². The fourth-order valence-electron chi connectivity index (χ4n) is 1.16. The van der Waals surface area contributed by atoms with Crippen molar-refractivity contribution in [3.63, 3.8) is 0 Å². The van der Waals surface area contributed by atoms with Crippen molar-refractivity contribution >= 4 is 33.1 Å². The third-order valence-corrected chi connectivity index (χ3v) is 3.62. The van der Waals surface area contributed by atoms with E-state index < -0.39 is 10.0 Å². The molecule has 0 amide bonds. The molecular weight excluding hydrogens is 266 g/mol. The van der Waals surface area contributed by atoms with E-state index in [-0.39, 0.29) is 21.6 Å². The summed E-state index contributed by atoms with van der Waals surface area (Å²) in [6, 6.07) is 3.05. The predicted octanol–water partition coefficient (Wildman–Crippen LogP) is 0.841. The Morgan fingerprint density at radius 1 is 1.47 bits per heavy atom. The number of H-pyrrole nitrogens is 1. The highest BCUT2D eigenvalue weighted by molar-refractivity contribution is 7.92. The number of sulfonamides is 1. The van der Waals surface area contributed by atoms with Crippen molar-refractivity contribution in [2.45, 2.75) is 4.90 Å². The van der Waals surface area contributed by atoms with Gasteiger partial charge in [-0.3, -0.25) is 9.82 Å². The van der Waals surface area contributed by atoms with Crippen molar-refractivity contribution in [1.29, 1.82) is 0 Å². The minimum Gasteiger partial charge on any atom is -0.383 e. The third kappa shape index (κ3) is 2.32. The molecule has 9 heteroatoms. The lowest BCUT2D eigenvalue weighted by Crippen LogP contribution is -2.14. The van der Waals surface area contributed by atoms with Crippen molar-refractivity contribution in [2.24, 2.45) is 0 Å². The van der Waals surface area contributed by atoms with Gasteiger partial charge in [-0.1, -0.05) is 11.6 Å². The van der Waals surface area contributed by atoms with Crippen LogP contribution in [-0.4, -0.2) is 23.6 Å². The Morgan fingerprint density at radius 2 is 2.24 bits per heavy atom. The summed E-state index contributed by atoms with van der Waals surface area (Å²) in [4.78, 5) is 3.61. The van der Waals surface area contributed by atoms with E-state index in [9.17, 15) is 8.42 Å². The summed E-state index contributed by atoms with van der Waals surface area (Å²) in [6.45, 7) is 0. The molecule has 0 spiro atoms. The largest absolute Gasteiger partial charge is 0.383 e. The zero-order valence-corrected chi connectivity index (χ0v) is 9.96. The molecule has 2 rings (SSSR count). The van der Waals surface area contributed by atoms with E-state index in [1.165, 1.54) is 12.3 Å². The van der Waals surface area contributed by atoms with Crippen molar-refractivity contribution < 1.29 is 8.42 Å². The molecule has 7 nitrogen and oxygen atoms in total. The SMILES string of the molecule is Nc1[nH]ncc1S(=O)(=O)Nc1cccnc1Cl. The number of aromatic amines is 1. The Morgan fingerprint density at radius 3 is 2.82 bits per heavy atom. The van der Waals surface area contributed by atoms with Crippen LogP contribution in [0.4, 0.5) is 11.5 Å². The number of hydrogen-bond acceptors (Lipinski definition) is 5. The molecular formula is C8H8ClN5O2S. The molecule has 0 bridgehead atoms. The molecule has 0 fully saturated rings. The summed E-state index contributed by atoms with van der Waals surface area (Å²) in [7, 11) is -3.82. The van der Waals surface area contributed by atoms with Gasteiger partial charge in [-0.05, 0) is 12.1 Å². The topological polar surface area (TPSA) is 114 Å². The monoisotopic (exact) mass is 273 g/mol. The zero-order valence-electron chi connectivity index (χ0n) is 8.38. The highest BCUT2D eigenvalue weighted by Crippen LogP contribution is 2.23. The van der Waals surface area contributed by atoms with Crippen LogP contribution in [0.25, 0.3) is 0 Å². The normalized spacial score (nSPS) is 11.4. The van der Waals surface area contributed by atoms with Crippen LogP contribution in [0.2, 0.25) is 5.15 Å². The standard InChI is InChI=1S/C8H8ClN5O2S/c9-7-5(2-1-3-11-7)14-17(15,16)6-4-12-13-8(6)10/h1-4,14H,(H3,10,12,13). The summed E-state index contributed by atoms with van der Waals surface area (Å²) >= 11 is 5.74. The molecule has 90 valence electrons. The molecule has 2 heterocycles. The van der Waals surface area contributed by atoms with E-state index in [2.05, 4.69) is 19.9 Å². The quantitative estimate of drug-likeness (QED) is 0.717. The van der Waals surface area contributed by atoms with Crippen molar-refractivity contribution in [2.75, 3.05) is 10.5 Å². The Balaban J connectivity index is 2.37. The van der Waals surface area contributed by atoms with Gasteiger partial charge in [0, 0.05) is 6.20 Å². The fourth-order valence-corrected chi connectivity index (χ4v) is 2.47. The maximum absolute atomic E-state index is 11.9. The summed E-state index contributed by atoms with van der Waals surface area (Å²) in [6.07, 6.45) is 2.56. The first-order valence-corrected chi connectivity index (χ1v) is 6.29. The lowest BCUT2D eigenvalue weighted by molar-refractivity contribution is 0.601. The van der Waals surface area contributed by atoms with Crippen LogP contribution in [0.5, 0.6) is 0 Å². The van der Waals surface area contributed by atoms with Crippen molar-refractivity contribution in [3.8, 4) is 0 Å². The van der Waals surface area contributed by atoms with E-state index in [0.717, 1.165) is 6.20 Å². The lowest BCUT2D eigenvalue weighted by atomic mass is 10.4. The van der Waals surface area contributed by atoms with Gasteiger partial charge in [0.05, 0.1) is 11.9 Å². The molecule has 0 radical (unpaired) electrons. The number of rotatable bonds is 3. The van der Waals surface area contributed by atoms with E-state index in [4.69, 9.17) is 17.3 Å². The van der Waals surface area contributed by atoms with Gasteiger partial charge in [-0.15, -0.1) is 0 Å². The van der Waals surface area contributed by atoms with Gasteiger partial charge in [-0.25, -0.2) is 13.4 Å². The second-order valence-corrected chi connectivity index (χ2v) is 5.10. The summed E-state index contributed by atoms with van der Waals surface area (Å²) in [5.41, 5.74) is 5.61. The summed E-state index contributed by atoms with van der Waals surface area (Å²) < 4.78 is 26.1. The molecule has 2 aromatic rings. The molecule has 0 aliphatic heterocycles. The molecule has 0 unspecified atom stereocenters. The molecule has 0 aliphatic rings. The molecule has 17 heavy (non-hydrogen) atoms. The van der Waals surface area contributed by atoms with Gasteiger partial charge in [0.15, 0.2) is 5.15 Å². The highest BCUT2D eigenvalue weighted by atomic mass is 35.5. The minimum atomic E-state index is -3.82. The van der Waals surface area contributed by atoms with E-state index in [1.807, 2.05) is 0 Å². The maximum Gasteiger partial charge on any atom is 0.267 e. The molecule has 0 saturated heterocycles. The van der Waals surface area contributed by atoms with E-state index in [0.29, 0.717) is 0 Å². The number of nitrogens with one attached hydrogen (secondary N) is 2. The molecule has 0 saturated carbocycles. The Labute approximate surface area is 102 Å². The fraction of sp³-hybridized carbons (Fsp3) is 0. The van der Waals surface area contributed by atoms with Gasteiger partial charge >= 0.3 is 0 Å². The Kier molecular flexibility index (Phi) is 2.90. The Bertz CT molecular complexity index is 639. The number of anilines is 2. The van der Waals surface area contributed by atoms with Crippen LogP contribution in [0.15, 0.2) is 29.4 Å². The summed E-state index contributed by atoms with van der Waals surface area (Å²) in [5, 5.41) is 5.92. The molecule has 0 aliphatic carbocycles. The average molecular weight is 274 g/mol. The first-order chi connectivity index (χ1) is 8.00. The average Bonchev–Trinajstić information content (AvgIpc) is 2.68. The van der Waals surface area contributed by atoms with Crippen LogP contribution in [-0.2, 0) is 10.0 Å². The lowest BCUT2D eigenvalue weighted by Gasteiger charge is -2.07. The second kappa shape index (κ2) is 4.22. The number of halogens is 1. The minimum absolute atomic E-state index is 0.0440. The summed E-state index contributed by atoms with van der Waals surface area (Å²) in [5.74, 6) is -0.0440. The van der Waals surface area contributed by atoms with Crippen LogP contribution in [0, 0.1) is 0 Å². The number of nitrogen functional groups attached to an aromatic ring is 1. The first-order valence-electron chi connectivity index (χ1n) is 4.43. The number of nitrogens with zero attached hydrogens (tertiary/aromatic N) is 2. The number of aromatic nitrogens is 3. The van der Waals surface area contributed by atoms with Gasteiger partial charge in [0.1, 0.15) is 10.7 Å². The van der Waals surface area contributed by atoms with Crippen molar-refractivity contribution in [3.05, 3.63) is 29.7 Å². The van der Waals surface area contributed by atoms with Gasteiger partial charge < -0.3 is 5.73 Å². The zero-order chi connectivity index (χ0) is 12.5. The van der Waals surface area contributed by atoms with Gasteiger partial charge in [0.25, 0.3) is 10.0 Å². The van der Waals surface area contributed by atoms with E-state index in [1.54, 1.807) is 6.07 Å². The molecule has 2 aromatic heterocycles. The van der Waals surface area contributed by atoms with Crippen LogP contribution >= 0.6 is 11.6 Å². The third-order valence-electron chi connectivity index (χ3n) is 1.93. The molecule has 0 aromatic carbocycles. The number of hydrogen-bond donors (Lipinski definition) is 3.